The Labute approximate surface area is 143 Å². The highest BCUT2D eigenvalue weighted by Gasteiger charge is 2.43. The van der Waals surface area contributed by atoms with Gasteiger partial charge in [0.25, 0.3) is 0 Å². The molecule has 7 heteroatoms. The van der Waals surface area contributed by atoms with E-state index in [2.05, 4.69) is 0 Å². The molecule has 3 unspecified atom stereocenters. The molecule has 0 spiro atoms. The molecule has 2 N–H and O–H groups in total. The maximum absolute atomic E-state index is 13.1. The lowest BCUT2D eigenvalue weighted by atomic mass is 9.78. The predicted octanol–water partition coefficient (Wildman–Crippen LogP) is 1.53. The molecule has 0 bridgehead atoms. The molecule has 1 aliphatic carbocycles. The van der Waals surface area contributed by atoms with Gasteiger partial charge in [0.2, 0.25) is 10.0 Å². The van der Waals surface area contributed by atoms with Crippen molar-refractivity contribution in [2.45, 2.75) is 37.1 Å². The minimum atomic E-state index is -3.65. The predicted molar refractivity (Wildman–Crippen MR) is 90.1 cm³/mol. The van der Waals surface area contributed by atoms with Gasteiger partial charge in [0.05, 0.1) is 17.6 Å². The molecule has 1 saturated heterocycles. The number of fused-ring (bicyclic) bond motifs is 1. The van der Waals surface area contributed by atoms with Gasteiger partial charge in [0, 0.05) is 19.1 Å². The van der Waals surface area contributed by atoms with Crippen LogP contribution in [0.5, 0.6) is 0 Å². The van der Waals surface area contributed by atoms with E-state index in [-0.39, 0.29) is 22.4 Å². The van der Waals surface area contributed by atoms with E-state index >= 15 is 0 Å². The van der Waals surface area contributed by atoms with Crippen molar-refractivity contribution in [3.8, 4) is 0 Å². The third-order valence-corrected chi connectivity index (χ3v) is 7.32. The van der Waals surface area contributed by atoms with E-state index in [1.165, 1.54) is 17.5 Å². The number of rotatable bonds is 3. The number of hydrogen-bond acceptors (Lipinski definition) is 5. The maximum atomic E-state index is 13.1. The molecule has 2 aliphatic rings. The van der Waals surface area contributed by atoms with Crippen molar-refractivity contribution in [2.75, 3.05) is 20.2 Å². The molecule has 0 amide bonds. The standard InChI is InChI=1S/C17H24N2O4S/c1-11-6-7-12(17(20)23-2)8-16(11)24(21,22)19-9-13-4-3-5-15(18)14(13)10-19/h6-8,13-15H,3-5,9-10,18H2,1-2H3. The van der Waals surface area contributed by atoms with Gasteiger partial charge in [-0.25, -0.2) is 13.2 Å². The summed E-state index contributed by atoms with van der Waals surface area (Å²) in [6, 6.07) is 4.72. The number of sulfonamides is 1. The first-order chi connectivity index (χ1) is 11.3. The second-order valence-corrected chi connectivity index (χ2v) is 8.72. The topological polar surface area (TPSA) is 89.7 Å². The first-order valence-electron chi connectivity index (χ1n) is 8.29. The van der Waals surface area contributed by atoms with Gasteiger partial charge in [-0.15, -0.1) is 0 Å². The molecule has 3 atom stereocenters. The van der Waals surface area contributed by atoms with Crippen LogP contribution in [-0.2, 0) is 14.8 Å². The van der Waals surface area contributed by atoms with E-state index in [9.17, 15) is 13.2 Å². The number of carbonyl (C=O) groups is 1. The number of hydrogen-bond donors (Lipinski definition) is 1. The van der Waals surface area contributed by atoms with Crippen LogP contribution in [0.25, 0.3) is 0 Å². The molecular weight excluding hydrogens is 328 g/mol. The molecule has 1 aromatic rings. The molecule has 24 heavy (non-hydrogen) atoms. The van der Waals surface area contributed by atoms with Gasteiger partial charge in [-0.2, -0.15) is 4.31 Å². The van der Waals surface area contributed by atoms with E-state index in [4.69, 9.17) is 10.5 Å². The van der Waals surface area contributed by atoms with Gasteiger partial charge in [-0.05, 0) is 49.3 Å². The summed E-state index contributed by atoms with van der Waals surface area (Å²) in [4.78, 5) is 11.9. The molecule has 3 rings (SSSR count). The molecule has 6 nitrogen and oxygen atoms in total. The fraction of sp³-hybridized carbons (Fsp3) is 0.588. The third-order valence-electron chi connectivity index (χ3n) is 5.35. The Morgan fingerprint density at radius 1 is 1.29 bits per heavy atom. The number of benzene rings is 1. The summed E-state index contributed by atoms with van der Waals surface area (Å²) in [5.41, 5.74) is 7.07. The van der Waals surface area contributed by atoms with E-state index in [0.717, 1.165) is 19.3 Å². The summed E-state index contributed by atoms with van der Waals surface area (Å²) < 4.78 is 32.4. The molecule has 1 heterocycles. The summed E-state index contributed by atoms with van der Waals surface area (Å²) >= 11 is 0. The van der Waals surface area contributed by atoms with E-state index in [1.807, 2.05) is 0 Å². The highest BCUT2D eigenvalue weighted by Crippen LogP contribution is 2.38. The van der Waals surface area contributed by atoms with Crippen LogP contribution in [0.15, 0.2) is 23.1 Å². The molecule has 1 saturated carbocycles. The summed E-state index contributed by atoms with van der Waals surface area (Å²) in [6.45, 7) is 2.72. The SMILES string of the molecule is COC(=O)c1ccc(C)c(S(=O)(=O)N2CC3CCCC(N)C3C2)c1. The first-order valence-corrected chi connectivity index (χ1v) is 9.73. The lowest BCUT2D eigenvalue weighted by Crippen LogP contribution is -2.38. The fourth-order valence-corrected chi connectivity index (χ4v) is 5.72. The zero-order chi connectivity index (χ0) is 17.5. The average Bonchev–Trinajstić information content (AvgIpc) is 3.01. The Hall–Kier alpha value is -1.44. The number of methoxy groups -OCH3 is 1. The van der Waals surface area contributed by atoms with Crippen molar-refractivity contribution >= 4 is 16.0 Å². The molecule has 1 aromatic carbocycles. The summed E-state index contributed by atoms with van der Waals surface area (Å²) in [5, 5.41) is 0. The van der Waals surface area contributed by atoms with Crippen LogP contribution < -0.4 is 5.73 Å². The zero-order valence-electron chi connectivity index (χ0n) is 14.1. The largest absolute Gasteiger partial charge is 0.465 e. The Balaban J connectivity index is 1.92. The van der Waals surface area contributed by atoms with Crippen LogP contribution in [0.1, 0.15) is 35.2 Å². The molecule has 132 valence electrons. The molecular formula is C17H24N2O4S. The van der Waals surface area contributed by atoms with Crippen LogP contribution in [0, 0.1) is 18.8 Å². The Morgan fingerprint density at radius 3 is 2.71 bits per heavy atom. The zero-order valence-corrected chi connectivity index (χ0v) is 14.9. The van der Waals surface area contributed by atoms with Crippen LogP contribution in [0.2, 0.25) is 0 Å². The van der Waals surface area contributed by atoms with E-state index in [0.29, 0.717) is 24.6 Å². The van der Waals surface area contributed by atoms with Crippen LogP contribution >= 0.6 is 0 Å². The maximum Gasteiger partial charge on any atom is 0.337 e. The van der Waals surface area contributed by atoms with Crippen molar-refractivity contribution in [3.63, 3.8) is 0 Å². The van der Waals surface area contributed by atoms with Crippen molar-refractivity contribution in [1.29, 1.82) is 0 Å². The van der Waals surface area contributed by atoms with Crippen molar-refractivity contribution in [1.82, 2.24) is 4.31 Å². The van der Waals surface area contributed by atoms with E-state index < -0.39 is 16.0 Å². The Morgan fingerprint density at radius 2 is 2.04 bits per heavy atom. The minimum Gasteiger partial charge on any atom is -0.465 e. The lowest BCUT2D eigenvalue weighted by Gasteiger charge is -2.29. The van der Waals surface area contributed by atoms with Crippen molar-refractivity contribution in [2.24, 2.45) is 17.6 Å². The number of nitrogens with zero attached hydrogens (tertiary/aromatic N) is 1. The minimum absolute atomic E-state index is 0.0754. The van der Waals surface area contributed by atoms with Crippen molar-refractivity contribution in [3.05, 3.63) is 29.3 Å². The second-order valence-electron chi connectivity index (χ2n) is 6.81. The molecule has 2 fully saturated rings. The van der Waals surface area contributed by atoms with E-state index in [1.54, 1.807) is 19.1 Å². The van der Waals surface area contributed by atoms with Crippen LogP contribution in [0.3, 0.4) is 0 Å². The molecule has 1 aliphatic heterocycles. The normalized spacial score (nSPS) is 27.7. The van der Waals surface area contributed by atoms with Gasteiger partial charge in [0.1, 0.15) is 0 Å². The monoisotopic (exact) mass is 352 g/mol. The molecule has 0 aromatic heterocycles. The summed E-state index contributed by atoms with van der Waals surface area (Å²) in [6.07, 6.45) is 3.06. The van der Waals surface area contributed by atoms with Gasteiger partial charge < -0.3 is 10.5 Å². The summed E-state index contributed by atoms with van der Waals surface area (Å²) in [7, 11) is -2.36. The fourth-order valence-electron chi connectivity index (χ4n) is 3.93. The number of ether oxygens (including phenoxy) is 1. The third kappa shape index (κ3) is 2.96. The highest BCUT2D eigenvalue weighted by atomic mass is 32.2. The van der Waals surface area contributed by atoms with Crippen LogP contribution in [0.4, 0.5) is 0 Å². The Bertz CT molecular complexity index is 747. The van der Waals surface area contributed by atoms with Gasteiger partial charge in [0.15, 0.2) is 0 Å². The van der Waals surface area contributed by atoms with Gasteiger partial charge in [-0.3, -0.25) is 0 Å². The number of esters is 1. The number of nitrogens with two attached hydrogens (primary N) is 1. The number of aryl methyl sites for hydroxylation is 1. The quantitative estimate of drug-likeness (QED) is 0.833. The smallest absolute Gasteiger partial charge is 0.337 e. The highest BCUT2D eigenvalue weighted by molar-refractivity contribution is 7.89. The van der Waals surface area contributed by atoms with Crippen LogP contribution in [-0.4, -0.2) is 44.9 Å². The molecule has 0 radical (unpaired) electrons. The lowest BCUT2D eigenvalue weighted by molar-refractivity contribution is 0.0600. The van der Waals surface area contributed by atoms with Gasteiger partial charge >= 0.3 is 5.97 Å². The van der Waals surface area contributed by atoms with Crippen molar-refractivity contribution < 1.29 is 17.9 Å². The van der Waals surface area contributed by atoms with Gasteiger partial charge in [-0.1, -0.05) is 12.5 Å². The number of carbonyl (C=O) groups excluding carboxylic acids is 1. The second kappa shape index (κ2) is 6.46. The summed E-state index contributed by atoms with van der Waals surface area (Å²) in [5.74, 6) is 0.0359. The Kier molecular flexibility index (Phi) is 4.68. The average molecular weight is 352 g/mol. The first kappa shape index (κ1) is 17.4.